The van der Waals surface area contributed by atoms with E-state index in [1.165, 1.54) is 12.4 Å². The van der Waals surface area contributed by atoms with Crippen LogP contribution in [0.1, 0.15) is 38.8 Å². The molecular weight excluding hydrogens is 412 g/mol. The number of urea groups is 1. The molecule has 0 atom stereocenters. The summed E-state index contributed by atoms with van der Waals surface area (Å²) >= 11 is 0. The van der Waals surface area contributed by atoms with Crippen molar-refractivity contribution in [2.75, 3.05) is 14.2 Å². The molecule has 0 fully saturated rings. The Morgan fingerprint density at radius 2 is 1.16 bits per heavy atom. The molecule has 0 saturated heterocycles. The minimum absolute atomic E-state index is 0.0294. The number of ether oxygens (including phenoxy) is 4. The Kier molecular flexibility index (Phi) is 9.34. The number of hydrogen-bond acceptors (Lipinski definition) is 7. The molecule has 9 nitrogen and oxygen atoms in total. The van der Waals surface area contributed by atoms with Crippen molar-refractivity contribution in [3.63, 3.8) is 0 Å². The van der Waals surface area contributed by atoms with Gasteiger partial charge in [0.15, 0.2) is 23.0 Å². The fourth-order valence-electron chi connectivity index (χ4n) is 2.59. The van der Waals surface area contributed by atoms with Crippen LogP contribution in [0.15, 0.2) is 46.6 Å². The van der Waals surface area contributed by atoms with E-state index in [2.05, 4.69) is 21.1 Å². The Balaban J connectivity index is 1.90. The van der Waals surface area contributed by atoms with Gasteiger partial charge in [0, 0.05) is 0 Å². The van der Waals surface area contributed by atoms with Crippen LogP contribution in [-0.2, 0) is 0 Å². The zero-order chi connectivity index (χ0) is 23.5. The second kappa shape index (κ2) is 12.2. The van der Waals surface area contributed by atoms with Crippen molar-refractivity contribution in [2.45, 2.75) is 39.9 Å². The third-order valence-corrected chi connectivity index (χ3v) is 3.86. The van der Waals surface area contributed by atoms with Crippen LogP contribution < -0.4 is 29.8 Å². The summed E-state index contributed by atoms with van der Waals surface area (Å²) in [5.74, 6) is 2.44. The van der Waals surface area contributed by atoms with Gasteiger partial charge in [-0.2, -0.15) is 10.2 Å². The number of methoxy groups -OCH3 is 2. The smallest absolute Gasteiger partial charge is 0.355 e. The summed E-state index contributed by atoms with van der Waals surface area (Å²) in [6.45, 7) is 7.75. The largest absolute Gasteiger partial charge is 0.493 e. The number of hydrogen-bond donors (Lipinski definition) is 2. The third-order valence-electron chi connectivity index (χ3n) is 3.86. The van der Waals surface area contributed by atoms with Gasteiger partial charge < -0.3 is 18.9 Å². The normalized spacial score (nSPS) is 11.2. The number of nitrogens with one attached hydrogen (secondary N) is 2. The first-order valence-electron chi connectivity index (χ1n) is 10.1. The maximum atomic E-state index is 11.9. The van der Waals surface area contributed by atoms with Crippen LogP contribution in [-0.4, -0.2) is 44.9 Å². The molecule has 0 radical (unpaired) electrons. The van der Waals surface area contributed by atoms with E-state index in [1.54, 1.807) is 38.5 Å². The Morgan fingerprint density at radius 1 is 0.750 bits per heavy atom. The molecule has 0 unspecified atom stereocenters. The molecular formula is C23H30N4O5. The van der Waals surface area contributed by atoms with E-state index in [0.29, 0.717) is 23.0 Å². The highest BCUT2D eigenvalue weighted by Gasteiger charge is 2.08. The first-order valence-corrected chi connectivity index (χ1v) is 10.1. The van der Waals surface area contributed by atoms with Crippen LogP contribution in [0, 0.1) is 0 Å². The highest BCUT2D eigenvalue weighted by molar-refractivity contribution is 5.84. The fourth-order valence-corrected chi connectivity index (χ4v) is 2.59. The minimum Gasteiger partial charge on any atom is -0.493 e. The lowest BCUT2D eigenvalue weighted by Crippen LogP contribution is -2.28. The molecule has 0 bridgehead atoms. The summed E-state index contributed by atoms with van der Waals surface area (Å²) < 4.78 is 22.0. The van der Waals surface area contributed by atoms with Crippen molar-refractivity contribution >= 4 is 18.5 Å². The van der Waals surface area contributed by atoms with Crippen LogP contribution in [0.3, 0.4) is 0 Å². The molecule has 0 heterocycles. The van der Waals surface area contributed by atoms with Crippen LogP contribution in [0.2, 0.25) is 0 Å². The zero-order valence-electron chi connectivity index (χ0n) is 19.2. The van der Waals surface area contributed by atoms with Gasteiger partial charge >= 0.3 is 6.03 Å². The number of nitrogens with zero attached hydrogens (tertiary/aromatic N) is 2. The lowest BCUT2D eigenvalue weighted by molar-refractivity contribution is 0.230. The molecule has 172 valence electrons. The van der Waals surface area contributed by atoms with Gasteiger partial charge in [-0.15, -0.1) is 0 Å². The van der Waals surface area contributed by atoms with Crippen molar-refractivity contribution in [3.8, 4) is 23.0 Å². The minimum atomic E-state index is -0.587. The Hall–Kier alpha value is -3.75. The summed E-state index contributed by atoms with van der Waals surface area (Å²) in [5, 5.41) is 7.81. The van der Waals surface area contributed by atoms with E-state index in [0.717, 1.165) is 11.1 Å². The Labute approximate surface area is 188 Å². The molecule has 2 rings (SSSR count). The van der Waals surface area contributed by atoms with Crippen LogP contribution in [0.4, 0.5) is 4.79 Å². The van der Waals surface area contributed by atoms with Gasteiger partial charge in [0.2, 0.25) is 0 Å². The third kappa shape index (κ3) is 7.82. The average molecular weight is 443 g/mol. The lowest BCUT2D eigenvalue weighted by Gasteiger charge is -2.13. The number of amides is 2. The van der Waals surface area contributed by atoms with E-state index in [-0.39, 0.29) is 12.2 Å². The van der Waals surface area contributed by atoms with Gasteiger partial charge in [-0.05, 0) is 75.2 Å². The van der Waals surface area contributed by atoms with Crippen molar-refractivity contribution in [1.82, 2.24) is 10.9 Å². The standard InChI is InChI=1S/C23H30N4O5/c1-15(2)31-19-9-7-17(11-21(19)29-5)13-24-26-23(28)27-25-14-18-8-10-20(32-16(3)4)22(12-18)30-6/h7-16H,1-6H3,(H2,26,27,28)/b24-13+,25-14+. The summed E-state index contributed by atoms with van der Waals surface area (Å²) in [4.78, 5) is 11.9. The molecule has 2 aromatic rings. The van der Waals surface area contributed by atoms with Gasteiger partial charge in [-0.25, -0.2) is 15.6 Å². The molecule has 0 aromatic heterocycles. The van der Waals surface area contributed by atoms with Crippen molar-refractivity contribution in [3.05, 3.63) is 47.5 Å². The molecule has 0 spiro atoms. The van der Waals surface area contributed by atoms with Crippen molar-refractivity contribution in [1.29, 1.82) is 0 Å². The summed E-state index contributed by atoms with van der Waals surface area (Å²) in [7, 11) is 3.13. The topological polar surface area (TPSA) is 103 Å². The Morgan fingerprint density at radius 3 is 1.50 bits per heavy atom. The monoisotopic (exact) mass is 442 g/mol. The average Bonchev–Trinajstić information content (AvgIpc) is 2.74. The van der Waals surface area contributed by atoms with E-state index in [4.69, 9.17) is 18.9 Å². The summed E-state index contributed by atoms with van der Waals surface area (Å²) in [5.41, 5.74) is 6.16. The number of benzene rings is 2. The zero-order valence-corrected chi connectivity index (χ0v) is 19.2. The van der Waals surface area contributed by atoms with Crippen LogP contribution in [0.25, 0.3) is 0 Å². The van der Waals surface area contributed by atoms with Gasteiger partial charge in [-0.3, -0.25) is 0 Å². The first-order chi connectivity index (χ1) is 15.3. The van der Waals surface area contributed by atoms with Gasteiger partial charge in [-0.1, -0.05) is 0 Å². The maximum Gasteiger partial charge on any atom is 0.355 e. The van der Waals surface area contributed by atoms with Gasteiger partial charge in [0.05, 0.1) is 38.9 Å². The lowest BCUT2D eigenvalue weighted by atomic mass is 10.2. The predicted octanol–water partition coefficient (Wildman–Crippen LogP) is 3.95. The van der Waals surface area contributed by atoms with Crippen molar-refractivity contribution < 1.29 is 23.7 Å². The number of rotatable bonds is 10. The highest BCUT2D eigenvalue weighted by Crippen LogP contribution is 2.29. The van der Waals surface area contributed by atoms with E-state index >= 15 is 0 Å². The first kappa shape index (κ1) is 24.5. The number of hydrazone groups is 2. The van der Waals surface area contributed by atoms with Crippen LogP contribution in [0.5, 0.6) is 23.0 Å². The molecule has 2 aromatic carbocycles. The van der Waals surface area contributed by atoms with E-state index < -0.39 is 6.03 Å². The summed E-state index contributed by atoms with van der Waals surface area (Å²) in [6, 6.07) is 10.1. The molecule has 32 heavy (non-hydrogen) atoms. The molecule has 2 amide bonds. The van der Waals surface area contributed by atoms with Gasteiger partial charge in [0.1, 0.15) is 0 Å². The van der Waals surface area contributed by atoms with E-state index in [1.807, 2.05) is 39.8 Å². The van der Waals surface area contributed by atoms with Crippen molar-refractivity contribution in [2.24, 2.45) is 10.2 Å². The summed E-state index contributed by atoms with van der Waals surface area (Å²) in [6.07, 6.45) is 3.04. The number of carbonyl (C=O) groups is 1. The van der Waals surface area contributed by atoms with Crippen LogP contribution >= 0.6 is 0 Å². The predicted molar refractivity (Wildman–Crippen MR) is 124 cm³/mol. The maximum absolute atomic E-state index is 11.9. The molecule has 2 N–H and O–H groups in total. The fraction of sp³-hybridized carbons (Fsp3) is 0.348. The van der Waals surface area contributed by atoms with Gasteiger partial charge in [0.25, 0.3) is 0 Å². The highest BCUT2D eigenvalue weighted by atomic mass is 16.5. The SMILES string of the molecule is COc1cc(/C=N/NC(=O)N/N=C/c2ccc(OC(C)C)c(OC)c2)ccc1OC(C)C. The quantitative estimate of drug-likeness (QED) is 0.428. The Bertz CT molecular complexity index is 882. The molecule has 0 aliphatic rings. The number of carbonyl (C=O) groups excluding carboxylic acids is 1. The molecule has 0 aliphatic heterocycles. The van der Waals surface area contributed by atoms with E-state index in [9.17, 15) is 4.79 Å². The second-order valence-electron chi connectivity index (χ2n) is 7.22. The molecule has 0 saturated carbocycles. The second-order valence-corrected chi connectivity index (χ2v) is 7.22. The molecule has 9 heteroatoms. The molecule has 0 aliphatic carbocycles.